The number of hydrogen-bond acceptors (Lipinski definition) is 3. The van der Waals surface area contributed by atoms with Crippen molar-refractivity contribution in [1.82, 2.24) is 0 Å². The normalized spacial score (nSPS) is 11.1. The largest absolute Gasteiger partial charge is 0.493 e. The molecule has 4 aromatic rings. The van der Waals surface area contributed by atoms with Crippen LogP contribution in [0.2, 0.25) is 0 Å². The number of fused-ring (bicyclic) bond motifs is 1. The highest BCUT2D eigenvalue weighted by molar-refractivity contribution is 9.09. The van der Waals surface area contributed by atoms with Crippen molar-refractivity contribution < 1.29 is 22.7 Å². The Morgan fingerprint density at radius 2 is 1.81 bits per heavy atom. The summed E-state index contributed by atoms with van der Waals surface area (Å²) < 4.78 is 48.9. The van der Waals surface area contributed by atoms with E-state index in [-0.39, 0.29) is 22.5 Å². The summed E-state index contributed by atoms with van der Waals surface area (Å²) in [6.07, 6.45) is 0. The number of hydrogen-bond donors (Lipinski definition) is 0. The van der Waals surface area contributed by atoms with Gasteiger partial charge in [0.2, 0.25) is 0 Å². The van der Waals surface area contributed by atoms with Gasteiger partial charge >= 0.3 is 0 Å². The maximum Gasteiger partial charge on any atom is 0.195 e. The third-order valence-electron chi connectivity index (χ3n) is 4.93. The van der Waals surface area contributed by atoms with Crippen molar-refractivity contribution in [3.05, 3.63) is 88.1 Å². The molecule has 0 saturated heterocycles. The minimum Gasteiger partial charge on any atom is -0.493 e. The number of carbonyl (C=O) groups excluding carboxylic acids is 1. The molecule has 0 bridgehead atoms. The number of thiophene rings is 1. The maximum atomic E-state index is 14.7. The van der Waals surface area contributed by atoms with Crippen molar-refractivity contribution in [2.24, 2.45) is 0 Å². The molecule has 0 aliphatic heterocycles. The van der Waals surface area contributed by atoms with Crippen LogP contribution in [0.15, 0.2) is 53.9 Å². The third-order valence-corrected chi connectivity index (χ3v) is 6.22. The Labute approximate surface area is 189 Å². The molecule has 1 heterocycles. The Morgan fingerprint density at radius 1 is 1.03 bits per heavy atom. The van der Waals surface area contributed by atoms with Gasteiger partial charge < -0.3 is 4.74 Å². The number of ether oxygens (including phenoxy) is 1. The zero-order chi connectivity index (χ0) is 22.1. The SMILES string of the molecule is Cc1cc(OCCBr)cc(-c2ccc(F)c(F)c2F)c1C(=O)c1csc2ccccc12. The second kappa shape index (κ2) is 8.85. The number of benzene rings is 3. The highest BCUT2D eigenvalue weighted by Gasteiger charge is 2.25. The summed E-state index contributed by atoms with van der Waals surface area (Å²) in [6, 6.07) is 12.7. The van der Waals surface area contributed by atoms with Gasteiger partial charge in [0.1, 0.15) is 5.75 Å². The summed E-state index contributed by atoms with van der Waals surface area (Å²) in [6.45, 7) is 2.06. The van der Waals surface area contributed by atoms with E-state index in [0.29, 0.717) is 28.8 Å². The molecule has 1 aromatic heterocycles. The lowest BCUT2D eigenvalue weighted by Crippen LogP contribution is -2.08. The molecule has 0 aliphatic carbocycles. The van der Waals surface area contributed by atoms with E-state index in [9.17, 15) is 18.0 Å². The van der Waals surface area contributed by atoms with Crippen molar-refractivity contribution in [2.45, 2.75) is 6.92 Å². The van der Waals surface area contributed by atoms with Crippen LogP contribution in [0.4, 0.5) is 13.2 Å². The van der Waals surface area contributed by atoms with E-state index >= 15 is 0 Å². The van der Waals surface area contributed by atoms with E-state index in [0.717, 1.165) is 22.2 Å². The van der Waals surface area contributed by atoms with E-state index < -0.39 is 17.5 Å². The molecular weight excluding hydrogens is 489 g/mol. The fourth-order valence-electron chi connectivity index (χ4n) is 3.53. The van der Waals surface area contributed by atoms with Crippen LogP contribution in [0.5, 0.6) is 5.75 Å². The molecule has 7 heteroatoms. The molecule has 31 heavy (non-hydrogen) atoms. The average Bonchev–Trinajstić information content (AvgIpc) is 3.19. The van der Waals surface area contributed by atoms with E-state index in [4.69, 9.17) is 4.74 Å². The zero-order valence-corrected chi connectivity index (χ0v) is 18.7. The van der Waals surface area contributed by atoms with Gasteiger partial charge in [0, 0.05) is 37.5 Å². The van der Waals surface area contributed by atoms with Gasteiger partial charge in [0.25, 0.3) is 0 Å². The van der Waals surface area contributed by atoms with Crippen molar-refractivity contribution in [3.8, 4) is 16.9 Å². The molecule has 0 saturated carbocycles. The van der Waals surface area contributed by atoms with Crippen LogP contribution in [0.3, 0.4) is 0 Å². The zero-order valence-electron chi connectivity index (χ0n) is 16.3. The number of halogens is 4. The third kappa shape index (κ3) is 4.00. The van der Waals surface area contributed by atoms with Crippen molar-refractivity contribution in [2.75, 3.05) is 11.9 Å². The number of rotatable bonds is 6. The van der Waals surface area contributed by atoms with Gasteiger partial charge in [-0.05, 0) is 48.4 Å². The van der Waals surface area contributed by atoms with Crippen LogP contribution in [0.25, 0.3) is 21.2 Å². The first-order valence-corrected chi connectivity index (χ1v) is 11.4. The molecule has 0 atom stereocenters. The van der Waals surface area contributed by atoms with Gasteiger partial charge in [-0.15, -0.1) is 11.3 Å². The van der Waals surface area contributed by atoms with Crippen molar-refractivity contribution in [1.29, 1.82) is 0 Å². The van der Waals surface area contributed by atoms with Crippen LogP contribution < -0.4 is 4.74 Å². The summed E-state index contributed by atoms with van der Waals surface area (Å²) in [4.78, 5) is 13.6. The molecule has 4 rings (SSSR count). The first kappa shape index (κ1) is 21.6. The topological polar surface area (TPSA) is 26.3 Å². The lowest BCUT2D eigenvalue weighted by Gasteiger charge is -2.16. The van der Waals surface area contributed by atoms with Crippen LogP contribution in [-0.4, -0.2) is 17.7 Å². The standard InChI is InChI=1S/C24H16BrF3O2S/c1-13-10-14(30-9-8-25)11-17(16-6-7-19(26)23(28)22(16)27)21(13)24(29)18-12-31-20-5-3-2-4-15(18)20/h2-7,10-12H,8-9H2,1H3. The molecular formula is C24H16BrF3O2S. The summed E-state index contributed by atoms with van der Waals surface area (Å²) >= 11 is 4.71. The Balaban J connectivity index is 1.95. The monoisotopic (exact) mass is 504 g/mol. The van der Waals surface area contributed by atoms with Gasteiger partial charge in [0.05, 0.1) is 6.61 Å². The quantitative estimate of drug-likeness (QED) is 0.156. The molecule has 2 nitrogen and oxygen atoms in total. The molecule has 0 radical (unpaired) electrons. The second-order valence-electron chi connectivity index (χ2n) is 6.90. The highest BCUT2D eigenvalue weighted by atomic mass is 79.9. The Bertz CT molecular complexity index is 1300. The fourth-order valence-corrected chi connectivity index (χ4v) is 4.63. The molecule has 0 fully saturated rings. The second-order valence-corrected chi connectivity index (χ2v) is 8.60. The number of aryl methyl sites for hydroxylation is 1. The molecule has 0 amide bonds. The number of ketones is 1. The molecule has 158 valence electrons. The Hall–Kier alpha value is -2.64. The number of carbonyl (C=O) groups is 1. The van der Waals surface area contributed by atoms with Crippen molar-refractivity contribution in [3.63, 3.8) is 0 Å². The fraction of sp³-hybridized carbons (Fsp3) is 0.125. The first-order chi connectivity index (χ1) is 14.9. The van der Waals surface area contributed by atoms with E-state index in [1.54, 1.807) is 18.4 Å². The summed E-state index contributed by atoms with van der Waals surface area (Å²) in [7, 11) is 0. The van der Waals surface area contributed by atoms with Crippen LogP contribution in [0.1, 0.15) is 21.5 Å². The number of alkyl halides is 1. The van der Waals surface area contributed by atoms with E-state index in [1.165, 1.54) is 17.4 Å². The maximum absolute atomic E-state index is 14.7. The Kier molecular flexibility index (Phi) is 6.16. The molecule has 0 unspecified atom stereocenters. The molecule has 0 N–H and O–H groups in total. The van der Waals surface area contributed by atoms with Crippen LogP contribution in [0, 0.1) is 24.4 Å². The van der Waals surface area contributed by atoms with Crippen LogP contribution >= 0.6 is 27.3 Å². The van der Waals surface area contributed by atoms with Crippen molar-refractivity contribution >= 4 is 43.1 Å². The van der Waals surface area contributed by atoms with Crippen LogP contribution in [-0.2, 0) is 0 Å². The smallest absolute Gasteiger partial charge is 0.195 e. The van der Waals surface area contributed by atoms with Gasteiger partial charge in [0.15, 0.2) is 23.2 Å². The Morgan fingerprint density at radius 3 is 2.58 bits per heavy atom. The lowest BCUT2D eigenvalue weighted by molar-refractivity contribution is 0.104. The highest BCUT2D eigenvalue weighted by Crippen LogP contribution is 2.37. The van der Waals surface area contributed by atoms with Gasteiger partial charge in [-0.25, -0.2) is 13.2 Å². The predicted molar refractivity (Wildman–Crippen MR) is 121 cm³/mol. The molecule has 3 aromatic carbocycles. The first-order valence-electron chi connectivity index (χ1n) is 9.40. The van der Waals surface area contributed by atoms with Gasteiger partial charge in [-0.1, -0.05) is 34.1 Å². The van der Waals surface area contributed by atoms with Gasteiger partial charge in [-0.2, -0.15) is 0 Å². The summed E-state index contributed by atoms with van der Waals surface area (Å²) in [5.74, 6) is -4.13. The summed E-state index contributed by atoms with van der Waals surface area (Å²) in [5, 5.41) is 3.11. The van der Waals surface area contributed by atoms with Gasteiger partial charge in [-0.3, -0.25) is 4.79 Å². The predicted octanol–water partition coefficient (Wildman–Crippen LogP) is 7.30. The minimum atomic E-state index is -1.58. The molecule has 0 aliphatic rings. The molecule has 0 spiro atoms. The lowest BCUT2D eigenvalue weighted by atomic mass is 9.89. The average molecular weight is 505 g/mol. The summed E-state index contributed by atoms with van der Waals surface area (Å²) in [5.41, 5.74) is 1.20. The van der Waals surface area contributed by atoms with E-state index in [2.05, 4.69) is 15.9 Å². The minimum absolute atomic E-state index is 0.154. The van der Waals surface area contributed by atoms with E-state index in [1.807, 2.05) is 24.3 Å².